The second-order valence-corrected chi connectivity index (χ2v) is 4.95. The van der Waals surface area contributed by atoms with Crippen molar-refractivity contribution < 1.29 is 0 Å². The Morgan fingerprint density at radius 3 is 2.54 bits per heavy atom. The van der Waals surface area contributed by atoms with Gasteiger partial charge in [-0.05, 0) is 34.8 Å². The van der Waals surface area contributed by atoms with Gasteiger partial charge < -0.3 is 5.73 Å². The van der Waals surface area contributed by atoms with Crippen LogP contribution in [0.25, 0.3) is 0 Å². The molecule has 0 saturated heterocycles. The number of rotatable bonds is 2. The molecular weight excluding hydrogens is 272 g/mol. The maximum Gasteiger partial charge on any atom is 0.102 e. The van der Waals surface area contributed by atoms with Gasteiger partial charge in [0.2, 0.25) is 0 Å². The van der Waals surface area contributed by atoms with Crippen LogP contribution < -0.4 is 5.73 Å². The molecule has 0 spiro atoms. The summed E-state index contributed by atoms with van der Waals surface area (Å²) < 4.78 is 1.09. The normalized spacial score (nSPS) is 17.6. The molecule has 0 bridgehead atoms. The van der Waals surface area contributed by atoms with Crippen molar-refractivity contribution in [2.75, 3.05) is 0 Å². The van der Waals surface area contributed by atoms with E-state index in [9.17, 15) is 0 Å². The van der Waals surface area contributed by atoms with Crippen LogP contribution in [-0.4, -0.2) is 5.84 Å². The first-order chi connectivity index (χ1) is 5.65. The van der Waals surface area contributed by atoms with E-state index in [0.717, 1.165) is 17.3 Å². The zero-order valence-electron chi connectivity index (χ0n) is 6.84. The quantitative estimate of drug-likeness (QED) is 0.635. The lowest BCUT2D eigenvalue weighted by Gasteiger charge is -2.09. The van der Waals surface area contributed by atoms with Crippen LogP contribution >= 0.6 is 39.7 Å². The average molecular weight is 282 g/mol. The highest BCUT2D eigenvalue weighted by Crippen LogP contribution is 2.50. The van der Waals surface area contributed by atoms with Crippen molar-refractivity contribution in [1.29, 1.82) is 5.41 Å². The lowest BCUT2D eigenvalue weighted by molar-refractivity contribution is 0.950. The van der Waals surface area contributed by atoms with Crippen LogP contribution in [0.15, 0.2) is 15.9 Å². The minimum Gasteiger partial charge on any atom is -0.387 e. The van der Waals surface area contributed by atoms with E-state index in [1.54, 1.807) is 11.3 Å². The van der Waals surface area contributed by atoms with E-state index in [1.165, 1.54) is 4.88 Å². The van der Waals surface area contributed by atoms with Crippen molar-refractivity contribution in [3.8, 4) is 0 Å². The summed E-state index contributed by atoms with van der Waals surface area (Å²) >= 11 is 5.08. The van der Waals surface area contributed by atoms with Crippen LogP contribution in [0.1, 0.15) is 17.7 Å². The SMILES string of the molecule is Cl.N=C(N)C1(c2cc(Br)cs2)CC1. The van der Waals surface area contributed by atoms with E-state index in [4.69, 9.17) is 11.1 Å². The summed E-state index contributed by atoms with van der Waals surface area (Å²) in [6.45, 7) is 0. The Morgan fingerprint density at radius 1 is 1.62 bits per heavy atom. The molecule has 0 unspecified atom stereocenters. The fourth-order valence-corrected chi connectivity index (χ4v) is 3.04. The summed E-state index contributed by atoms with van der Waals surface area (Å²) in [5, 5.41) is 9.52. The lowest BCUT2D eigenvalue weighted by Crippen LogP contribution is -2.26. The van der Waals surface area contributed by atoms with Crippen LogP contribution in [0.2, 0.25) is 0 Å². The Kier molecular flexibility index (Phi) is 3.05. The van der Waals surface area contributed by atoms with Crippen LogP contribution in [-0.2, 0) is 5.41 Å². The number of nitrogens with two attached hydrogens (primary N) is 1. The molecule has 1 saturated carbocycles. The number of thiophene rings is 1. The summed E-state index contributed by atoms with van der Waals surface area (Å²) in [5.74, 6) is 0.317. The third-order valence-electron chi connectivity index (χ3n) is 2.30. The van der Waals surface area contributed by atoms with Crippen molar-refractivity contribution >= 4 is 45.5 Å². The van der Waals surface area contributed by atoms with E-state index in [1.807, 2.05) is 5.38 Å². The number of hydrogen-bond donors (Lipinski definition) is 2. The van der Waals surface area contributed by atoms with Crippen molar-refractivity contribution in [1.82, 2.24) is 0 Å². The van der Waals surface area contributed by atoms with E-state index >= 15 is 0 Å². The van der Waals surface area contributed by atoms with Gasteiger partial charge in [-0.1, -0.05) is 0 Å². The summed E-state index contributed by atoms with van der Waals surface area (Å²) in [7, 11) is 0. The Hall–Kier alpha value is -0.0600. The lowest BCUT2D eigenvalue weighted by atomic mass is 10.0. The first kappa shape index (κ1) is 11.0. The largest absolute Gasteiger partial charge is 0.387 e. The number of nitrogens with one attached hydrogen (secondary N) is 1. The zero-order chi connectivity index (χ0) is 8.77. The van der Waals surface area contributed by atoms with Crippen LogP contribution in [0, 0.1) is 5.41 Å². The standard InChI is InChI=1S/C8H9BrN2S.ClH/c9-5-3-6(12-4-5)8(1-2-8)7(10)11;/h3-4H,1-2H2,(H3,10,11);1H. The molecule has 0 radical (unpaired) electrons. The van der Waals surface area contributed by atoms with E-state index < -0.39 is 0 Å². The maximum absolute atomic E-state index is 7.48. The molecule has 0 aromatic carbocycles. The monoisotopic (exact) mass is 280 g/mol. The van der Waals surface area contributed by atoms with Gasteiger partial charge in [-0.15, -0.1) is 23.7 Å². The molecule has 13 heavy (non-hydrogen) atoms. The van der Waals surface area contributed by atoms with Crippen LogP contribution in [0.5, 0.6) is 0 Å². The highest BCUT2D eigenvalue weighted by molar-refractivity contribution is 9.10. The second-order valence-electron chi connectivity index (χ2n) is 3.12. The average Bonchev–Trinajstić information content (AvgIpc) is 2.71. The highest BCUT2D eigenvalue weighted by atomic mass is 79.9. The van der Waals surface area contributed by atoms with Crippen LogP contribution in [0.4, 0.5) is 0 Å². The summed E-state index contributed by atoms with van der Waals surface area (Å²) in [6.07, 6.45) is 2.07. The van der Waals surface area contributed by atoms with Crippen molar-refractivity contribution in [3.63, 3.8) is 0 Å². The third kappa shape index (κ3) is 1.75. The van der Waals surface area contributed by atoms with E-state index in [0.29, 0.717) is 5.84 Å². The Morgan fingerprint density at radius 2 is 2.23 bits per heavy atom. The smallest absolute Gasteiger partial charge is 0.102 e. The highest BCUT2D eigenvalue weighted by Gasteiger charge is 2.48. The van der Waals surface area contributed by atoms with Gasteiger partial charge in [-0.3, -0.25) is 5.41 Å². The van der Waals surface area contributed by atoms with Gasteiger partial charge in [0.25, 0.3) is 0 Å². The molecule has 1 aromatic heterocycles. The molecule has 1 aliphatic carbocycles. The molecule has 3 N–H and O–H groups in total. The number of halogens is 2. The van der Waals surface area contributed by atoms with Crippen molar-refractivity contribution in [2.45, 2.75) is 18.3 Å². The topological polar surface area (TPSA) is 49.9 Å². The molecule has 72 valence electrons. The molecule has 1 aliphatic rings. The first-order valence-electron chi connectivity index (χ1n) is 3.74. The first-order valence-corrected chi connectivity index (χ1v) is 5.41. The maximum atomic E-state index is 7.48. The zero-order valence-corrected chi connectivity index (χ0v) is 10.1. The summed E-state index contributed by atoms with van der Waals surface area (Å²) in [5.41, 5.74) is 5.46. The van der Waals surface area contributed by atoms with Crippen molar-refractivity contribution in [2.24, 2.45) is 5.73 Å². The molecule has 5 heteroatoms. The third-order valence-corrected chi connectivity index (χ3v) is 4.20. The van der Waals surface area contributed by atoms with Gasteiger partial charge in [-0.25, -0.2) is 0 Å². The van der Waals surface area contributed by atoms with Crippen LogP contribution in [0.3, 0.4) is 0 Å². The van der Waals surface area contributed by atoms with Crippen molar-refractivity contribution in [3.05, 3.63) is 20.8 Å². The molecule has 0 amide bonds. The fourth-order valence-electron chi connectivity index (χ4n) is 1.34. The Bertz CT molecular complexity index is 333. The van der Waals surface area contributed by atoms with Gasteiger partial charge in [0.05, 0.1) is 5.41 Å². The van der Waals surface area contributed by atoms with Gasteiger partial charge in [-0.2, -0.15) is 0 Å². The molecule has 1 heterocycles. The number of hydrogen-bond acceptors (Lipinski definition) is 2. The Labute approximate surface area is 95.6 Å². The minimum atomic E-state index is -0.0866. The molecule has 2 nitrogen and oxygen atoms in total. The minimum absolute atomic E-state index is 0. The summed E-state index contributed by atoms with van der Waals surface area (Å²) in [4.78, 5) is 1.22. The van der Waals surface area contributed by atoms with Gasteiger partial charge >= 0.3 is 0 Å². The van der Waals surface area contributed by atoms with E-state index in [2.05, 4.69) is 22.0 Å². The summed E-state index contributed by atoms with van der Waals surface area (Å²) in [6, 6.07) is 2.07. The van der Waals surface area contributed by atoms with Gasteiger partial charge in [0.15, 0.2) is 0 Å². The molecule has 1 aromatic rings. The molecule has 0 atom stereocenters. The number of amidine groups is 1. The predicted octanol–water partition coefficient (Wildman–Crippen LogP) is 2.90. The molecular formula is C8H10BrClN2S. The Balaban J connectivity index is 0.000000845. The second kappa shape index (κ2) is 3.59. The van der Waals surface area contributed by atoms with E-state index in [-0.39, 0.29) is 17.8 Å². The molecule has 1 fully saturated rings. The molecule has 2 rings (SSSR count). The molecule has 0 aliphatic heterocycles. The predicted molar refractivity (Wildman–Crippen MR) is 62.1 cm³/mol. The fraction of sp³-hybridized carbons (Fsp3) is 0.375. The van der Waals surface area contributed by atoms with Gasteiger partial charge in [0.1, 0.15) is 5.84 Å². The van der Waals surface area contributed by atoms with Gasteiger partial charge in [0, 0.05) is 14.7 Å².